The Morgan fingerprint density at radius 2 is 2.07 bits per heavy atom. The van der Waals surface area contributed by atoms with Crippen molar-refractivity contribution in [3.05, 3.63) is 47.8 Å². The van der Waals surface area contributed by atoms with Gasteiger partial charge in [0.25, 0.3) is 0 Å². The summed E-state index contributed by atoms with van der Waals surface area (Å²) in [6.07, 6.45) is 2.59. The second-order valence-electron chi connectivity index (χ2n) is 5.90. The van der Waals surface area contributed by atoms with Crippen LogP contribution in [0.1, 0.15) is 18.3 Å². The first-order valence-corrected chi connectivity index (χ1v) is 8.73. The molecular formula is C18H28FIN6O. The quantitative estimate of drug-likeness (QED) is 0.253. The zero-order valence-electron chi connectivity index (χ0n) is 16.1. The van der Waals surface area contributed by atoms with Crippen LogP contribution in [0.5, 0.6) is 0 Å². The Balaban J connectivity index is 0.00000364. The minimum absolute atomic E-state index is 0. The lowest BCUT2D eigenvalue weighted by Crippen LogP contribution is -2.40. The van der Waals surface area contributed by atoms with E-state index in [-0.39, 0.29) is 29.8 Å². The second-order valence-corrected chi connectivity index (χ2v) is 5.90. The minimum atomic E-state index is -0.232. The van der Waals surface area contributed by atoms with Gasteiger partial charge in [0.15, 0.2) is 5.96 Å². The van der Waals surface area contributed by atoms with E-state index < -0.39 is 0 Å². The fraction of sp³-hybridized carbons (Fsp3) is 0.500. The zero-order chi connectivity index (χ0) is 18.8. The number of rotatable bonds is 9. The molecule has 27 heavy (non-hydrogen) atoms. The molecule has 1 aromatic carbocycles. The summed E-state index contributed by atoms with van der Waals surface area (Å²) < 4.78 is 20.2. The number of ether oxygens (including phenoxy) is 1. The summed E-state index contributed by atoms with van der Waals surface area (Å²) in [7, 11) is 3.61. The molecular weight excluding hydrogens is 462 g/mol. The first-order chi connectivity index (χ1) is 12.6. The number of hydrogen-bond donors (Lipinski definition) is 1. The molecule has 2 rings (SSSR count). The molecule has 1 heterocycles. The molecule has 0 saturated carbocycles. The standard InChI is InChI=1S/C18H27FN6O.HI/c1-4-17-23-22-14-25(17)11-9-20-18(21-10-12-26-3)24(2)13-15-5-7-16(19)8-6-15;/h5-8,14H,4,9-13H2,1-3H3,(H,20,21);1H. The molecule has 0 bridgehead atoms. The van der Waals surface area contributed by atoms with Crippen molar-refractivity contribution in [2.45, 2.75) is 26.4 Å². The number of aryl methyl sites for hydroxylation is 1. The van der Waals surface area contributed by atoms with E-state index in [0.717, 1.165) is 30.3 Å². The Morgan fingerprint density at radius 1 is 1.33 bits per heavy atom. The third kappa shape index (κ3) is 7.79. The summed E-state index contributed by atoms with van der Waals surface area (Å²) in [5.74, 6) is 1.51. The number of hydrogen-bond acceptors (Lipinski definition) is 4. The van der Waals surface area contributed by atoms with Gasteiger partial charge < -0.3 is 19.5 Å². The van der Waals surface area contributed by atoms with Gasteiger partial charge in [0.05, 0.1) is 13.2 Å². The van der Waals surface area contributed by atoms with Crippen LogP contribution in [0.15, 0.2) is 35.6 Å². The van der Waals surface area contributed by atoms with Crippen LogP contribution in [0.4, 0.5) is 4.39 Å². The Morgan fingerprint density at radius 3 is 2.74 bits per heavy atom. The molecule has 0 saturated heterocycles. The van der Waals surface area contributed by atoms with E-state index in [0.29, 0.717) is 26.2 Å². The monoisotopic (exact) mass is 490 g/mol. The number of guanidine groups is 1. The minimum Gasteiger partial charge on any atom is -0.383 e. The van der Waals surface area contributed by atoms with Crippen LogP contribution in [-0.2, 0) is 24.2 Å². The summed E-state index contributed by atoms with van der Waals surface area (Å²) in [6.45, 7) is 5.27. The van der Waals surface area contributed by atoms with Crippen molar-refractivity contribution in [2.24, 2.45) is 4.99 Å². The third-order valence-corrected chi connectivity index (χ3v) is 3.90. The molecule has 9 heteroatoms. The summed E-state index contributed by atoms with van der Waals surface area (Å²) in [6, 6.07) is 6.50. The first-order valence-electron chi connectivity index (χ1n) is 8.73. The molecule has 150 valence electrons. The maximum absolute atomic E-state index is 13.1. The van der Waals surface area contributed by atoms with E-state index in [9.17, 15) is 4.39 Å². The molecule has 0 spiro atoms. The average Bonchev–Trinajstić information content (AvgIpc) is 3.10. The van der Waals surface area contributed by atoms with Crippen molar-refractivity contribution in [2.75, 3.05) is 33.9 Å². The molecule has 0 radical (unpaired) electrons. The predicted molar refractivity (Wildman–Crippen MR) is 115 cm³/mol. The van der Waals surface area contributed by atoms with E-state index >= 15 is 0 Å². The molecule has 0 fully saturated rings. The number of halogens is 2. The summed E-state index contributed by atoms with van der Waals surface area (Å²) in [4.78, 5) is 6.59. The molecule has 0 aliphatic carbocycles. The van der Waals surface area contributed by atoms with Crippen LogP contribution in [-0.4, -0.2) is 59.5 Å². The lowest BCUT2D eigenvalue weighted by atomic mass is 10.2. The Labute approximate surface area is 177 Å². The topological polar surface area (TPSA) is 67.6 Å². The van der Waals surface area contributed by atoms with Crippen LogP contribution < -0.4 is 5.32 Å². The van der Waals surface area contributed by atoms with Crippen LogP contribution in [0.25, 0.3) is 0 Å². The number of benzene rings is 1. The fourth-order valence-electron chi connectivity index (χ4n) is 2.52. The highest BCUT2D eigenvalue weighted by Gasteiger charge is 2.08. The van der Waals surface area contributed by atoms with Gasteiger partial charge >= 0.3 is 0 Å². The third-order valence-electron chi connectivity index (χ3n) is 3.90. The highest BCUT2D eigenvalue weighted by atomic mass is 127. The van der Waals surface area contributed by atoms with E-state index in [2.05, 4.69) is 27.4 Å². The van der Waals surface area contributed by atoms with Gasteiger partial charge in [0.2, 0.25) is 0 Å². The molecule has 1 N–H and O–H groups in total. The molecule has 0 atom stereocenters. The van der Waals surface area contributed by atoms with Crippen LogP contribution >= 0.6 is 24.0 Å². The van der Waals surface area contributed by atoms with E-state index in [1.165, 1.54) is 12.1 Å². The fourth-order valence-corrected chi connectivity index (χ4v) is 2.52. The van der Waals surface area contributed by atoms with Crippen molar-refractivity contribution in [3.8, 4) is 0 Å². The molecule has 0 aliphatic heterocycles. The second kappa shape index (κ2) is 12.6. The molecule has 0 aliphatic rings. The Kier molecular flexibility index (Phi) is 10.9. The van der Waals surface area contributed by atoms with E-state index in [1.54, 1.807) is 25.6 Å². The average molecular weight is 490 g/mol. The molecule has 2 aromatic rings. The van der Waals surface area contributed by atoms with Gasteiger partial charge in [-0.25, -0.2) is 4.39 Å². The van der Waals surface area contributed by atoms with Crippen LogP contribution in [0, 0.1) is 5.82 Å². The highest BCUT2D eigenvalue weighted by Crippen LogP contribution is 2.06. The zero-order valence-corrected chi connectivity index (χ0v) is 18.4. The van der Waals surface area contributed by atoms with Crippen molar-refractivity contribution in [1.82, 2.24) is 25.0 Å². The number of nitrogens with one attached hydrogen (secondary N) is 1. The predicted octanol–water partition coefficient (Wildman–Crippen LogP) is 2.32. The van der Waals surface area contributed by atoms with Crippen molar-refractivity contribution in [1.29, 1.82) is 0 Å². The largest absolute Gasteiger partial charge is 0.383 e. The Hall–Kier alpha value is -1.75. The molecule has 0 amide bonds. The number of nitrogens with zero attached hydrogens (tertiary/aromatic N) is 5. The molecule has 7 nitrogen and oxygen atoms in total. The van der Waals surface area contributed by atoms with Gasteiger partial charge in [-0.05, 0) is 17.7 Å². The Bertz CT molecular complexity index is 691. The van der Waals surface area contributed by atoms with Crippen LogP contribution in [0.2, 0.25) is 0 Å². The number of methoxy groups -OCH3 is 1. The lowest BCUT2D eigenvalue weighted by molar-refractivity contribution is 0.207. The van der Waals surface area contributed by atoms with Gasteiger partial charge in [0.1, 0.15) is 18.0 Å². The summed E-state index contributed by atoms with van der Waals surface area (Å²) in [5, 5.41) is 11.4. The van der Waals surface area contributed by atoms with Crippen LogP contribution in [0.3, 0.4) is 0 Å². The first kappa shape index (κ1) is 23.3. The normalized spacial score (nSPS) is 11.2. The van der Waals surface area contributed by atoms with Gasteiger partial charge in [-0.1, -0.05) is 19.1 Å². The molecule has 0 unspecified atom stereocenters. The summed E-state index contributed by atoms with van der Waals surface area (Å²) in [5.41, 5.74) is 1.02. The number of aliphatic imine (C=N–C) groups is 1. The van der Waals surface area contributed by atoms with Gasteiger partial charge in [-0.2, -0.15) is 0 Å². The lowest BCUT2D eigenvalue weighted by Gasteiger charge is -2.23. The maximum Gasteiger partial charge on any atom is 0.194 e. The number of aromatic nitrogens is 3. The SMILES string of the molecule is CCc1nncn1CCNC(=NCCOC)N(C)Cc1ccc(F)cc1.I. The van der Waals surface area contributed by atoms with Crippen molar-refractivity contribution in [3.63, 3.8) is 0 Å². The summed E-state index contributed by atoms with van der Waals surface area (Å²) >= 11 is 0. The van der Waals surface area contributed by atoms with E-state index in [1.807, 2.05) is 16.5 Å². The van der Waals surface area contributed by atoms with E-state index in [4.69, 9.17) is 4.74 Å². The van der Waals surface area contributed by atoms with Crippen molar-refractivity contribution < 1.29 is 9.13 Å². The maximum atomic E-state index is 13.1. The van der Waals surface area contributed by atoms with Crippen molar-refractivity contribution >= 4 is 29.9 Å². The smallest absolute Gasteiger partial charge is 0.194 e. The highest BCUT2D eigenvalue weighted by molar-refractivity contribution is 14.0. The van der Waals surface area contributed by atoms with Gasteiger partial charge in [-0.3, -0.25) is 4.99 Å². The van der Waals surface area contributed by atoms with Gasteiger partial charge in [0, 0.05) is 40.2 Å². The van der Waals surface area contributed by atoms with Gasteiger partial charge in [-0.15, -0.1) is 34.2 Å². The molecule has 1 aromatic heterocycles.